The highest BCUT2D eigenvalue weighted by Gasteiger charge is 2.46. The van der Waals surface area contributed by atoms with Crippen LogP contribution in [0.5, 0.6) is 0 Å². The van der Waals surface area contributed by atoms with Gasteiger partial charge in [0.25, 0.3) is 0 Å². The van der Waals surface area contributed by atoms with Crippen LogP contribution < -0.4 is 5.14 Å². The summed E-state index contributed by atoms with van der Waals surface area (Å²) in [5, 5.41) is 17.0. The summed E-state index contributed by atoms with van der Waals surface area (Å²) >= 11 is 0.417. The summed E-state index contributed by atoms with van der Waals surface area (Å²) in [5.41, 5.74) is -0.903. The van der Waals surface area contributed by atoms with E-state index >= 15 is 0 Å². The van der Waals surface area contributed by atoms with Gasteiger partial charge in [-0.25, -0.2) is 18.4 Å². The molecular weight excluding hydrogens is 385 g/mol. The quantitative estimate of drug-likeness (QED) is 0.458. The van der Waals surface area contributed by atoms with Crippen molar-refractivity contribution in [2.45, 2.75) is 43.2 Å². The van der Waals surface area contributed by atoms with Crippen molar-refractivity contribution in [3.8, 4) is 0 Å². The monoisotopic (exact) mass is 400 g/mol. The Bertz CT molecular complexity index is 827. The highest BCUT2D eigenvalue weighted by Crippen LogP contribution is 2.43. The van der Waals surface area contributed by atoms with Crippen molar-refractivity contribution in [2.75, 3.05) is 0 Å². The van der Waals surface area contributed by atoms with Gasteiger partial charge in [0.2, 0.25) is 10.0 Å². The van der Waals surface area contributed by atoms with Crippen LogP contribution in [0.15, 0.2) is 9.36 Å². The lowest BCUT2D eigenvalue weighted by Crippen LogP contribution is -2.33. The van der Waals surface area contributed by atoms with Crippen molar-refractivity contribution >= 4 is 33.0 Å². The van der Waals surface area contributed by atoms with Crippen LogP contribution in [-0.2, 0) is 21.2 Å². The maximum absolute atomic E-state index is 13.1. The molecule has 0 spiro atoms. The largest absolute Gasteiger partial charge is 0.459 e. The van der Waals surface area contributed by atoms with Gasteiger partial charge >= 0.3 is 12.1 Å². The first-order chi connectivity index (χ1) is 11.4. The summed E-state index contributed by atoms with van der Waals surface area (Å²) in [6, 6.07) is 0. The maximum Gasteiger partial charge on any atom is 0.392 e. The summed E-state index contributed by atoms with van der Waals surface area (Å²) in [7, 11) is -4.34. The fourth-order valence-electron chi connectivity index (χ4n) is 2.54. The highest BCUT2D eigenvalue weighted by molar-refractivity contribution is 7.91. The number of esters is 1. The Morgan fingerprint density at radius 2 is 2.00 bits per heavy atom. The number of hydrogen-bond acceptors (Lipinski definition) is 7. The van der Waals surface area contributed by atoms with Gasteiger partial charge in [-0.2, -0.15) is 13.2 Å². The second-order valence-corrected chi connectivity index (χ2v) is 8.54. The van der Waals surface area contributed by atoms with E-state index in [4.69, 9.17) is 15.1 Å². The third-order valence-electron chi connectivity index (χ3n) is 3.52. The van der Waals surface area contributed by atoms with Gasteiger partial charge in [-0.3, -0.25) is 0 Å². The van der Waals surface area contributed by atoms with Crippen molar-refractivity contribution in [3.05, 3.63) is 16.0 Å². The first-order valence-electron chi connectivity index (χ1n) is 7.03. The smallest absolute Gasteiger partial charge is 0.392 e. The number of halogens is 3. The number of oxime groups is 1. The summed E-state index contributed by atoms with van der Waals surface area (Å²) in [4.78, 5) is 11.9. The number of nitrogens with two attached hydrogens (primary N) is 1. The van der Waals surface area contributed by atoms with Crippen molar-refractivity contribution in [1.82, 2.24) is 0 Å². The van der Waals surface area contributed by atoms with Crippen molar-refractivity contribution in [2.24, 2.45) is 16.2 Å². The lowest BCUT2D eigenvalue weighted by atomic mass is 9.83. The molecule has 25 heavy (non-hydrogen) atoms. The van der Waals surface area contributed by atoms with E-state index in [1.54, 1.807) is 0 Å². The number of alkyl halides is 3. The molecule has 12 heteroatoms. The Hall–Kier alpha value is -1.66. The Labute approximate surface area is 145 Å². The molecule has 0 amide bonds. The molecule has 1 aliphatic carbocycles. The first kappa shape index (κ1) is 19.7. The van der Waals surface area contributed by atoms with Crippen LogP contribution >= 0.6 is 11.3 Å². The molecule has 7 nitrogen and oxygen atoms in total. The Morgan fingerprint density at radius 1 is 1.40 bits per heavy atom. The molecule has 1 aliphatic rings. The number of nitrogens with zero attached hydrogens (tertiary/aromatic N) is 1. The second kappa shape index (κ2) is 6.57. The van der Waals surface area contributed by atoms with Gasteiger partial charge in [0.1, 0.15) is 9.09 Å². The van der Waals surface area contributed by atoms with Gasteiger partial charge in [0, 0.05) is 12.0 Å². The van der Waals surface area contributed by atoms with Crippen LogP contribution in [0.3, 0.4) is 0 Å². The number of primary sulfonamides is 1. The van der Waals surface area contributed by atoms with Gasteiger partial charge in [-0.15, -0.1) is 11.3 Å². The van der Waals surface area contributed by atoms with Gasteiger partial charge < -0.3 is 9.94 Å². The third-order valence-corrected chi connectivity index (χ3v) is 6.20. The average Bonchev–Trinajstić information content (AvgIpc) is 2.84. The topological polar surface area (TPSA) is 119 Å². The molecule has 0 aromatic carbocycles. The molecule has 1 aromatic heterocycles. The molecule has 2 rings (SSSR count). The van der Waals surface area contributed by atoms with E-state index in [1.807, 2.05) is 0 Å². The Balaban J connectivity index is 2.70. The van der Waals surface area contributed by atoms with E-state index in [2.05, 4.69) is 5.16 Å². The number of thiophene rings is 1. The Kier molecular flexibility index (Phi) is 5.17. The summed E-state index contributed by atoms with van der Waals surface area (Å²) < 4.78 is 67.4. The molecule has 0 saturated heterocycles. The number of hydrogen-bond donors (Lipinski definition) is 2. The highest BCUT2D eigenvalue weighted by atomic mass is 32.2. The fraction of sp³-hybridized carbons (Fsp3) is 0.538. The van der Waals surface area contributed by atoms with Crippen LogP contribution in [0.25, 0.3) is 0 Å². The van der Waals surface area contributed by atoms with Crippen LogP contribution in [-0.4, -0.2) is 37.6 Å². The number of carbonyl (C=O) groups is 1. The van der Waals surface area contributed by atoms with Crippen LogP contribution in [0, 0.1) is 5.92 Å². The number of carbonyl (C=O) groups excluding carboxylic acids is 1. The van der Waals surface area contributed by atoms with Crippen molar-refractivity contribution < 1.29 is 36.3 Å². The minimum atomic E-state index is -4.61. The predicted molar refractivity (Wildman–Crippen MR) is 82.4 cm³/mol. The summed E-state index contributed by atoms with van der Waals surface area (Å²) in [6.45, 7) is 3.08. The first-order valence-corrected chi connectivity index (χ1v) is 9.40. The lowest BCUT2D eigenvalue weighted by molar-refractivity contribution is -0.172. The van der Waals surface area contributed by atoms with E-state index in [9.17, 15) is 26.4 Å². The van der Waals surface area contributed by atoms with Crippen LogP contribution in [0.4, 0.5) is 13.2 Å². The fourth-order valence-corrected chi connectivity index (χ4v) is 4.75. The second-order valence-electron chi connectivity index (χ2n) is 5.76. The molecule has 0 saturated carbocycles. The zero-order chi connectivity index (χ0) is 19.2. The minimum absolute atomic E-state index is 0.180. The number of rotatable bonds is 3. The number of ether oxygens (including phenoxy) is 1. The molecular formula is C13H15F3N2O5S2. The Morgan fingerprint density at radius 3 is 2.44 bits per heavy atom. The van der Waals surface area contributed by atoms with E-state index < -0.39 is 57.0 Å². The van der Waals surface area contributed by atoms with E-state index in [0.717, 1.165) is 0 Å². The zero-order valence-corrected chi connectivity index (χ0v) is 14.8. The molecule has 1 heterocycles. The molecule has 0 aliphatic heterocycles. The molecule has 1 unspecified atom stereocenters. The lowest BCUT2D eigenvalue weighted by Gasteiger charge is -2.26. The van der Waals surface area contributed by atoms with Gasteiger partial charge in [0.15, 0.2) is 0 Å². The van der Waals surface area contributed by atoms with E-state index in [1.165, 1.54) is 13.8 Å². The molecule has 1 aromatic rings. The predicted octanol–water partition coefficient (Wildman–Crippen LogP) is 2.26. The maximum atomic E-state index is 13.1. The standard InChI is InChI=1S/C13H15F3N2O5S2/c1-5(2)23-11(19)10-7-3-6(13(14,15)16)4-8(18-20)9(7)12(24-10)25(17,21)22/h5-6,20H,3-4H2,1-2H3,(H2,17,21,22). The number of sulfonamides is 1. The van der Waals surface area contributed by atoms with Crippen LogP contribution in [0.2, 0.25) is 0 Å². The summed E-state index contributed by atoms with van der Waals surface area (Å²) in [5.74, 6) is -2.87. The van der Waals surface area contributed by atoms with Crippen molar-refractivity contribution in [3.63, 3.8) is 0 Å². The molecule has 0 bridgehead atoms. The third kappa shape index (κ3) is 3.96. The molecule has 3 N–H and O–H groups in total. The van der Waals surface area contributed by atoms with Crippen molar-refractivity contribution in [1.29, 1.82) is 0 Å². The number of fused-ring (bicyclic) bond motifs is 1. The SMILES string of the molecule is CC(C)OC(=O)c1sc(S(N)(=O)=O)c2c1CC(C(F)(F)F)CC2=NO. The van der Waals surface area contributed by atoms with Gasteiger partial charge in [0.05, 0.1) is 17.7 Å². The van der Waals surface area contributed by atoms with Crippen LogP contribution in [0.1, 0.15) is 41.1 Å². The zero-order valence-electron chi connectivity index (χ0n) is 13.1. The minimum Gasteiger partial charge on any atom is -0.459 e. The molecule has 0 radical (unpaired) electrons. The normalized spacial score (nSPS) is 20.0. The molecule has 140 valence electrons. The molecule has 1 atom stereocenters. The van der Waals surface area contributed by atoms with Gasteiger partial charge in [-0.05, 0) is 25.8 Å². The summed E-state index contributed by atoms with van der Waals surface area (Å²) in [6.07, 6.45) is -6.52. The van der Waals surface area contributed by atoms with Gasteiger partial charge in [-0.1, -0.05) is 5.16 Å². The average molecular weight is 400 g/mol. The molecule has 0 fully saturated rings. The van der Waals surface area contributed by atoms with E-state index in [-0.39, 0.29) is 16.0 Å². The van der Waals surface area contributed by atoms with E-state index in [0.29, 0.717) is 11.3 Å².